The van der Waals surface area contributed by atoms with E-state index in [1.807, 2.05) is 0 Å². The number of halogens is 1. The van der Waals surface area contributed by atoms with Crippen molar-refractivity contribution in [3.8, 4) is 0 Å². The first-order valence-corrected chi connectivity index (χ1v) is 7.09. The van der Waals surface area contributed by atoms with Crippen LogP contribution in [-0.2, 0) is 9.53 Å². The molecule has 0 saturated carbocycles. The van der Waals surface area contributed by atoms with Crippen LogP contribution in [0.4, 0.5) is 5.69 Å². The third-order valence-corrected chi connectivity index (χ3v) is 3.55. The lowest BCUT2D eigenvalue weighted by atomic mass is 10.1. The first-order chi connectivity index (χ1) is 10.1. The molecule has 0 unspecified atom stereocenters. The van der Waals surface area contributed by atoms with Crippen LogP contribution in [-0.4, -0.2) is 42.8 Å². The molecule has 1 saturated heterocycles. The molecule has 1 aromatic carbocycles. The fourth-order valence-corrected chi connectivity index (χ4v) is 2.26. The first-order valence-electron chi connectivity index (χ1n) is 6.71. The Hall–Kier alpha value is -1.63. The van der Waals surface area contributed by atoms with E-state index in [1.54, 1.807) is 0 Å². The molecule has 6 nitrogen and oxygen atoms in total. The second-order valence-electron chi connectivity index (χ2n) is 4.81. The van der Waals surface area contributed by atoms with Crippen molar-refractivity contribution in [3.63, 3.8) is 0 Å². The van der Waals surface area contributed by atoms with Gasteiger partial charge in [-0.3, -0.25) is 4.79 Å². The highest BCUT2D eigenvalue weighted by Crippen LogP contribution is 2.23. The fraction of sp³-hybridized carbons (Fsp3) is 0.429. The maximum absolute atomic E-state index is 11.8. The monoisotopic (exact) mass is 312 g/mol. The number of carboxylic acid groups (broad SMARTS) is 1. The highest BCUT2D eigenvalue weighted by molar-refractivity contribution is 6.33. The highest BCUT2D eigenvalue weighted by Gasteiger charge is 2.16. The molecule has 3 N–H and O–H groups in total. The lowest BCUT2D eigenvalue weighted by Gasteiger charge is -2.22. The molecule has 1 amide bonds. The van der Waals surface area contributed by atoms with Crippen LogP contribution in [0.2, 0.25) is 5.02 Å². The Balaban J connectivity index is 1.89. The van der Waals surface area contributed by atoms with E-state index in [-0.39, 0.29) is 34.9 Å². The molecule has 21 heavy (non-hydrogen) atoms. The van der Waals surface area contributed by atoms with Gasteiger partial charge in [-0.25, -0.2) is 4.79 Å². The molecule has 0 aromatic heterocycles. The molecule has 0 spiro atoms. The molecule has 1 aliphatic rings. The van der Waals surface area contributed by atoms with Gasteiger partial charge in [0, 0.05) is 0 Å². The van der Waals surface area contributed by atoms with Gasteiger partial charge in [0.25, 0.3) is 0 Å². The lowest BCUT2D eigenvalue weighted by molar-refractivity contribution is -0.123. The highest BCUT2D eigenvalue weighted by atomic mass is 35.5. The van der Waals surface area contributed by atoms with E-state index in [2.05, 4.69) is 10.6 Å². The van der Waals surface area contributed by atoms with Gasteiger partial charge in [-0.15, -0.1) is 0 Å². The Morgan fingerprint density at radius 2 is 2.10 bits per heavy atom. The molecule has 0 radical (unpaired) electrons. The van der Waals surface area contributed by atoms with Crippen LogP contribution in [0.5, 0.6) is 0 Å². The summed E-state index contributed by atoms with van der Waals surface area (Å²) in [5.74, 6) is -1.42. The number of piperidine rings is 1. The van der Waals surface area contributed by atoms with Crippen LogP contribution in [0.3, 0.4) is 0 Å². The number of aromatic carboxylic acids is 1. The summed E-state index contributed by atoms with van der Waals surface area (Å²) in [7, 11) is 0. The molecule has 0 atom stereocenters. The van der Waals surface area contributed by atoms with Gasteiger partial charge < -0.3 is 20.5 Å². The minimum atomic E-state index is -1.08. The van der Waals surface area contributed by atoms with Gasteiger partial charge >= 0.3 is 5.97 Å². The van der Waals surface area contributed by atoms with Crippen molar-refractivity contribution < 1.29 is 19.4 Å². The molecule has 2 rings (SSSR count). The summed E-state index contributed by atoms with van der Waals surface area (Å²) in [5, 5.41) is 15.0. The van der Waals surface area contributed by atoms with Crippen LogP contribution in [0.15, 0.2) is 18.2 Å². The zero-order valence-corrected chi connectivity index (χ0v) is 12.2. The maximum atomic E-state index is 11.8. The van der Waals surface area contributed by atoms with Gasteiger partial charge in [0.15, 0.2) is 0 Å². The number of carbonyl (C=O) groups is 2. The van der Waals surface area contributed by atoms with Crippen molar-refractivity contribution in [3.05, 3.63) is 28.8 Å². The van der Waals surface area contributed by atoms with Crippen molar-refractivity contribution in [1.29, 1.82) is 0 Å². The summed E-state index contributed by atoms with van der Waals surface area (Å²) >= 11 is 5.94. The van der Waals surface area contributed by atoms with E-state index in [0.29, 0.717) is 0 Å². The van der Waals surface area contributed by atoms with E-state index in [1.165, 1.54) is 18.2 Å². The minimum Gasteiger partial charge on any atom is -0.478 e. The Bertz CT molecular complexity index is 530. The molecule has 1 heterocycles. The third kappa shape index (κ3) is 4.70. The van der Waals surface area contributed by atoms with Crippen LogP contribution in [0.25, 0.3) is 0 Å². The van der Waals surface area contributed by atoms with Crippen molar-refractivity contribution in [2.24, 2.45) is 0 Å². The molecular weight excluding hydrogens is 296 g/mol. The normalized spacial score (nSPS) is 15.7. The molecule has 0 aliphatic carbocycles. The van der Waals surface area contributed by atoms with Gasteiger partial charge in [0.1, 0.15) is 6.61 Å². The van der Waals surface area contributed by atoms with Gasteiger partial charge in [-0.05, 0) is 44.1 Å². The molecule has 1 aromatic rings. The number of carbonyl (C=O) groups excluding carboxylic acids is 1. The third-order valence-electron chi connectivity index (χ3n) is 3.22. The summed E-state index contributed by atoms with van der Waals surface area (Å²) in [5.41, 5.74) is 0.337. The van der Waals surface area contributed by atoms with Gasteiger partial charge in [-0.1, -0.05) is 11.6 Å². The van der Waals surface area contributed by atoms with Crippen LogP contribution in [0.1, 0.15) is 23.2 Å². The Labute approximate surface area is 127 Å². The number of hydrogen-bond acceptors (Lipinski definition) is 4. The molecular formula is C14H17ClN2O4. The molecule has 7 heteroatoms. The van der Waals surface area contributed by atoms with E-state index in [9.17, 15) is 9.59 Å². The second-order valence-corrected chi connectivity index (χ2v) is 5.22. The van der Waals surface area contributed by atoms with Gasteiger partial charge in [0.2, 0.25) is 5.91 Å². The van der Waals surface area contributed by atoms with Crippen molar-refractivity contribution in [2.45, 2.75) is 18.9 Å². The van der Waals surface area contributed by atoms with Crippen molar-refractivity contribution >= 4 is 29.2 Å². The van der Waals surface area contributed by atoms with E-state index in [4.69, 9.17) is 21.4 Å². The smallest absolute Gasteiger partial charge is 0.335 e. The number of carboxylic acids is 1. The summed E-state index contributed by atoms with van der Waals surface area (Å²) in [6, 6.07) is 4.15. The number of amides is 1. The van der Waals surface area contributed by atoms with Crippen LogP contribution >= 0.6 is 11.6 Å². The molecule has 0 bridgehead atoms. The molecule has 1 fully saturated rings. The standard InChI is InChI=1S/C14H17ClN2O4/c15-11-2-1-9(14(19)20)7-12(11)17-13(18)8-21-10-3-5-16-6-4-10/h1-2,7,10,16H,3-6,8H2,(H,17,18)(H,19,20). The van der Waals surface area contributed by atoms with E-state index in [0.717, 1.165) is 25.9 Å². The van der Waals surface area contributed by atoms with Gasteiger partial charge in [0.05, 0.1) is 22.4 Å². The summed E-state index contributed by atoms with van der Waals surface area (Å²) < 4.78 is 5.52. The van der Waals surface area contributed by atoms with E-state index >= 15 is 0 Å². The van der Waals surface area contributed by atoms with Crippen LogP contribution < -0.4 is 10.6 Å². The zero-order valence-electron chi connectivity index (χ0n) is 11.4. The number of nitrogens with one attached hydrogen (secondary N) is 2. The SMILES string of the molecule is O=C(COC1CCNCC1)Nc1cc(C(=O)O)ccc1Cl. The number of benzene rings is 1. The van der Waals surface area contributed by atoms with E-state index < -0.39 is 5.97 Å². The summed E-state index contributed by atoms with van der Waals surface area (Å²) in [6.45, 7) is 1.70. The largest absolute Gasteiger partial charge is 0.478 e. The Morgan fingerprint density at radius 3 is 2.76 bits per heavy atom. The number of ether oxygens (including phenoxy) is 1. The predicted molar refractivity (Wildman–Crippen MR) is 78.9 cm³/mol. The predicted octanol–water partition coefficient (Wildman–Crippen LogP) is 1.75. The van der Waals surface area contributed by atoms with Crippen molar-refractivity contribution in [2.75, 3.05) is 25.0 Å². The average molecular weight is 313 g/mol. The quantitative estimate of drug-likeness (QED) is 0.771. The lowest BCUT2D eigenvalue weighted by Crippen LogP contribution is -2.34. The molecule has 1 aliphatic heterocycles. The minimum absolute atomic E-state index is 0.0639. The Kier molecular flexibility index (Phi) is 5.55. The number of rotatable bonds is 5. The topological polar surface area (TPSA) is 87.7 Å². The van der Waals surface area contributed by atoms with Crippen molar-refractivity contribution in [1.82, 2.24) is 5.32 Å². The fourth-order valence-electron chi connectivity index (χ4n) is 2.10. The zero-order chi connectivity index (χ0) is 15.2. The Morgan fingerprint density at radius 1 is 1.38 bits per heavy atom. The number of hydrogen-bond donors (Lipinski definition) is 3. The first kappa shape index (κ1) is 15.8. The van der Waals surface area contributed by atoms with Crippen LogP contribution in [0, 0.1) is 0 Å². The number of anilines is 1. The summed E-state index contributed by atoms with van der Waals surface area (Å²) in [4.78, 5) is 22.7. The average Bonchev–Trinajstić information content (AvgIpc) is 2.48. The maximum Gasteiger partial charge on any atom is 0.335 e. The van der Waals surface area contributed by atoms with Gasteiger partial charge in [-0.2, -0.15) is 0 Å². The summed E-state index contributed by atoms with van der Waals surface area (Å²) in [6.07, 6.45) is 1.84. The second kappa shape index (κ2) is 7.40. The molecule has 114 valence electrons.